The fourth-order valence-corrected chi connectivity index (χ4v) is 3.87. The molecule has 9 heteroatoms. The maximum atomic E-state index is 12.5. The maximum Gasteiger partial charge on any atom is 0.338 e. The average molecular weight is 436 g/mol. The van der Waals surface area contributed by atoms with Crippen molar-refractivity contribution in [2.75, 3.05) is 6.54 Å². The van der Waals surface area contributed by atoms with Crippen molar-refractivity contribution in [1.82, 2.24) is 14.5 Å². The van der Waals surface area contributed by atoms with E-state index in [2.05, 4.69) is 22.5 Å². The number of carbonyl (C=O) groups is 1. The molecule has 0 aliphatic carbocycles. The average Bonchev–Trinajstić information content (AvgIpc) is 3.11. The van der Waals surface area contributed by atoms with E-state index in [-0.39, 0.29) is 23.6 Å². The summed E-state index contributed by atoms with van der Waals surface area (Å²) in [5, 5.41) is 13.9. The van der Waals surface area contributed by atoms with Gasteiger partial charge in [-0.2, -0.15) is 10.4 Å². The van der Waals surface area contributed by atoms with Gasteiger partial charge >= 0.3 is 5.97 Å². The van der Waals surface area contributed by atoms with Crippen molar-refractivity contribution in [3.63, 3.8) is 0 Å². The molecule has 31 heavy (non-hydrogen) atoms. The molecule has 3 rings (SSSR count). The Hall–Kier alpha value is -3.74. The monoisotopic (exact) mass is 436 g/mol. The number of benzene rings is 2. The Morgan fingerprint density at radius 2 is 1.90 bits per heavy atom. The van der Waals surface area contributed by atoms with Crippen LogP contribution in [-0.2, 0) is 21.4 Å². The van der Waals surface area contributed by atoms with Gasteiger partial charge < -0.3 is 4.74 Å². The van der Waals surface area contributed by atoms with Crippen LogP contribution >= 0.6 is 0 Å². The third kappa shape index (κ3) is 4.88. The number of nitriles is 1. The van der Waals surface area contributed by atoms with E-state index in [1.165, 1.54) is 30.3 Å². The molecule has 2 aromatic carbocycles. The minimum Gasteiger partial charge on any atom is -0.456 e. The normalized spacial score (nSPS) is 11.0. The van der Waals surface area contributed by atoms with Gasteiger partial charge in [0.25, 0.3) is 0 Å². The lowest BCUT2D eigenvalue weighted by Gasteiger charge is -2.09. The Balaban J connectivity index is 1.79. The van der Waals surface area contributed by atoms with Gasteiger partial charge in [-0.1, -0.05) is 24.3 Å². The van der Waals surface area contributed by atoms with Gasteiger partial charge in [0.05, 0.1) is 27.5 Å². The molecule has 0 unspecified atom stereocenters. The SMILES string of the molecule is C=CCNS(=O)(=O)c1ccc(C(=O)OCc2c(C#N)c(C)nn2-c2ccccc2)cc1. The smallest absolute Gasteiger partial charge is 0.338 e. The Kier molecular flexibility index (Phi) is 6.65. The van der Waals surface area contributed by atoms with E-state index in [1.54, 1.807) is 11.6 Å². The van der Waals surface area contributed by atoms with Gasteiger partial charge in [0.1, 0.15) is 18.2 Å². The van der Waals surface area contributed by atoms with E-state index in [0.29, 0.717) is 17.0 Å². The highest BCUT2D eigenvalue weighted by molar-refractivity contribution is 7.89. The van der Waals surface area contributed by atoms with Crippen molar-refractivity contribution in [3.05, 3.63) is 89.8 Å². The zero-order valence-electron chi connectivity index (χ0n) is 16.8. The molecular formula is C22H20N4O4S. The molecule has 0 saturated heterocycles. The summed E-state index contributed by atoms with van der Waals surface area (Å²) in [5.41, 5.74) is 2.24. The molecule has 0 atom stereocenters. The lowest BCUT2D eigenvalue weighted by molar-refractivity contribution is 0.0464. The van der Waals surface area contributed by atoms with Gasteiger partial charge in [-0.05, 0) is 43.3 Å². The highest BCUT2D eigenvalue weighted by Gasteiger charge is 2.19. The van der Waals surface area contributed by atoms with Crippen LogP contribution in [-0.4, -0.2) is 30.7 Å². The van der Waals surface area contributed by atoms with Crippen molar-refractivity contribution in [2.24, 2.45) is 0 Å². The third-order valence-corrected chi connectivity index (χ3v) is 5.87. The van der Waals surface area contributed by atoms with E-state index in [4.69, 9.17) is 4.74 Å². The van der Waals surface area contributed by atoms with Crippen LogP contribution in [0.5, 0.6) is 0 Å². The molecule has 0 amide bonds. The number of sulfonamides is 1. The first-order valence-corrected chi connectivity index (χ1v) is 10.8. The highest BCUT2D eigenvalue weighted by atomic mass is 32.2. The van der Waals surface area contributed by atoms with Crippen molar-refractivity contribution in [1.29, 1.82) is 5.26 Å². The van der Waals surface area contributed by atoms with Gasteiger partial charge in [-0.25, -0.2) is 22.6 Å². The fourth-order valence-electron chi connectivity index (χ4n) is 2.88. The van der Waals surface area contributed by atoms with Crippen molar-refractivity contribution < 1.29 is 17.9 Å². The number of hydrogen-bond acceptors (Lipinski definition) is 6. The molecule has 8 nitrogen and oxygen atoms in total. The lowest BCUT2D eigenvalue weighted by atomic mass is 10.2. The summed E-state index contributed by atoms with van der Waals surface area (Å²) in [7, 11) is -3.68. The molecule has 158 valence electrons. The predicted octanol–water partition coefficient (Wildman–Crippen LogP) is 2.87. The van der Waals surface area contributed by atoms with Crippen LogP contribution in [0.4, 0.5) is 0 Å². The second-order valence-electron chi connectivity index (χ2n) is 6.51. The van der Waals surface area contributed by atoms with Gasteiger partial charge in [0, 0.05) is 6.54 Å². The fraction of sp³-hybridized carbons (Fsp3) is 0.136. The van der Waals surface area contributed by atoms with Crippen LogP contribution in [0.15, 0.2) is 72.1 Å². The van der Waals surface area contributed by atoms with E-state index in [1.807, 2.05) is 30.3 Å². The van der Waals surface area contributed by atoms with Crippen molar-refractivity contribution in [2.45, 2.75) is 18.4 Å². The van der Waals surface area contributed by atoms with Crippen LogP contribution in [0.3, 0.4) is 0 Å². The number of hydrogen-bond donors (Lipinski definition) is 1. The predicted molar refractivity (Wildman–Crippen MR) is 114 cm³/mol. The van der Waals surface area contributed by atoms with Crippen LogP contribution in [0, 0.1) is 18.3 Å². The van der Waals surface area contributed by atoms with Crippen LogP contribution < -0.4 is 4.72 Å². The number of aryl methyl sites for hydroxylation is 1. The summed E-state index contributed by atoms with van der Waals surface area (Å²) in [6.07, 6.45) is 1.43. The number of nitrogens with zero attached hydrogens (tertiary/aromatic N) is 3. The number of para-hydroxylation sites is 1. The van der Waals surface area contributed by atoms with Crippen LogP contribution in [0.1, 0.15) is 27.3 Å². The second-order valence-corrected chi connectivity index (χ2v) is 8.27. The summed E-state index contributed by atoms with van der Waals surface area (Å²) in [6, 6.07) is 16.7. The van der Waals surface area contributed by atoms with E-state index in [0.717, 1.165) is 5.69 Å². The first-order chi connectivity index (χ1) is 14.9. The molecule has 0 aliphatic rings. The highest BCUT2D eigenvalue weighted by Crippen LogP contribution is 2.20. The first kappa shape index (κ1) is 22.0. The number of esters is 1. The summed E-state index contributed by atoms with van der Waals surface area (Å²) in [5.74, 6) is -0.648. The minimum atomic E-state index is -3.68. The Bertz CT molecular complexity index is 1240. The van der Waals surface area contributed by atoms with Gasteiger partial charge in [0.2, 0.25) is 10.0 Å². The number of rotatable bonds is 8. The van der Waals surface area contributed by atoms with Crippen molar-refractivity contribution in [3.8, 4) is 11.8 Å². The third-order valence-electron chi connectivity index (χ3n) is 4.43. The Morgan fingerprint density at radius 1 is 1.23 bits per heavy atom. The first-order valence-electron chi connectivity index (χ1n) is 9.29. The molecule has 0 saturated carbocycles. The van der Waals surface area contributed by atoms with Gasteiger partial charge in [-0.15, -0.1) is 6.58 Å². The summed E-state index contributed by atoms with van der Waals surface area (Å²) >= 11 is 0. The van der Waals surface area contributed by atoms with Crippen LogP contribution in [0.2, 0.25) is 0 Å². The zero-order valence-corrected chi connectivity index (χ0v) is 17.6. The number of carbonyl (C=O) groups excluding carboxylic acids is 1. The molecule has 0 bridgehead atoms. The zero-order chi connectivity index (χ0) is 22.4. The topological polar surface area (TPSA) is 114 Å². The quantitative estimate of drug-likeness (QED) is 0.429. The van der Waals surface area contributed by atoms with Gasteiger partial charge in [-0.3, -0.25) is 0 Å². The van der Waals surface area contributed by atoms with E-state index < -0.39 is 16.0 Å². The molecule has 1 N–H and O–H groups in total. The van der Waals surface area contributed by atoms with Crippen LogP contribution in [0.25, 0.3) is 5.69 Å². The second kappa shape index (κ2) is 9.38. The summed E-state index contributed by atoms with van der Waals surface area (Å²) in [6.45, 7) is 5.11. The Morgan fingerprint density at radius 3 is 2.52 bits per heavy atom. The molecule has 1 heterocycles. The lowest BCUT2D eigenvalue weighted by Crippen LogP contribution is -2.23. The molecular weight excluding hydrogens is 416 g/mol. The molecule has 1 aromatic heterocycles. The largest absolute Gasteiger partial charge is 0.456 e. The number of nitrogens with one attached hydrogen (secondary N) is 1. The summed E-state index contributed by atoms with van der Waals surface area (Å²) in [4.78, 5) is 12.5. The maximum absolute atomic E-state index is 12.5. The molecule has 0 aliphatic heterocycles. The Labute approximate surface area is 180 Å². The molecule has 0 spiro atoms. The van der Waals surface area contributed by atoms with Gasteiger partial charge in [0.15, 0.2) is 0 Å². The van der Waals surface area contributed by atoms with Crippen molar-refractivity contribution >= 4 is 16.0 Å². The summed E-state index contributed by atoms with van der Waals surface area (Å²) < 4.78 is 33.5. The molecule has 0 radical (unpaired) electrons. The molecule has 0 fully saturated rings. The number of ether oxygens (including phenoxy) is 1. The number of aromatic nitrogens is 2. The molecule has 3 aromatic rings. The standard InChI is InChI=1S/C22H20N4O4S/c1-3-13-24-31(28,29)19-11-9-17(10-12-19)22(27)30-15-21-20(14-23)16(2)25-26(21)18-7-5-4-6-8-18/h3-12,24H,1,13,15H2,2H3. The minimum absolute atomic E-state index is 0.0236. The van der Waals surface area contributed by atoms with E-state index >= 15 is 0 Å². The van der Waals surface area contributed by atoms with E-state index in [9.17, 15) is 18.5 Å².